The van der Waals surface area contributed by atoms with Crippen LogP contribution in [0.2, 0.25) is 0 Å². The molecule has 0 aliphatic rings. The average molecular weight is 920 g/mol. The quantitative estimate of drug-likeness (QED) is 0.243. The number of amides is 1. The number of carbonyl (C=O) groups is 3. The van der Waals surface area contributed by atoms with E-state index in [1.54, 1.807) is 12.1 Å². The Hall–Kier alpha value is -0.670. The van der Waals surface area contributed by atoms with Crippen LogP contribution in [-0.2, 0) is 25.5 Å². The van der Waals surface area contributed by atoms with Gasteiger partial charge in [-0.3, -0.25) is 14.5 Å². The Kier molecular flexibility index (Phi) is 11.8. The molecule has 2 rings (SSSR count). The number of carbonyl (C=O) groups excluding carboxylic acids is 2. The highest BCUT2D eigenvalue weighted by molar-refractivity contribution is 14.1. The van der Waals surface area contributed by atoms with Gasteiger partial charge in [-0.2, -0.15) is 0 Å². The molecule has 0 aromatic heterocycles. The van der Waals surface area contributed by atoms with Crippen LogP contribution in [0.3, 0.4) is 0 Å². The summed E-state index contributed by atoms with van der Waals surface area (Å²) >= 11 is 8.35. The van der Waals surface area contributed by atoms with Crippen molar-refractivity contribution in [1.82, 2.24) is 10.2 Å². The predicted octanol–water partition coefficient (Wildman–Crippen LogP) is 3.82. The molecule has 0 heterocycles. The Morgan fingerprint density at radius 1 is 1.00 bits per heavy atom. The number of phenols is 1. The van der Waals surface area contributed by atoms with E-state index in [2.05, 4.69) is 50.5 Å². The van der Waals surface area contributed by atoms with E-state index in [1.807, 2.05) is 57.3 Å². The van der Waals surface area contributed by atoms with E-state index >= 15 is 0 Å². The molecule has 0 spiro atoms. The Labute approximate surface area is 250 Å². The van der Waals surface area contributed by atoms with Crippen molar-refractivity contribution >= 4 is 108 Å². The van der Waals surface area contributed by atoms with Crippen molar-refractivity contribution in [2.45, 2.75) is 12.5 Å². The Morgan fingerprint density at radius 3 is 2.06 bits per heavy atom. The number of methoxy groups -OCH3 is 1. The lowest BCUT2D eigenvalue weighted by Gasteiger charge is -2.20. The summed E-state index contributed by atoms with van der Waals surface area (Å²) in [6.07, 6.45) is 0.183. The first-order valence-corrected chi connectivity index (χ1v) is 13.8. The molecule has 1 atom stereocenters. The number of rotatable bonds is 10. The standard InChI is InChI=1S/C21H20I4N2O7/c1-27(9-18(29)30)8-17(28)26-16(21(32)33-2)5-10-3-14(24)20(15(25)4-10)34-11-6-12(22)19(31)13(23)7-11/h3-4,6-7,16,31H,5,8-9H2,1-2H3,(H,26,28)(H,29,30)/t16-/m0/s1. The van der Waals surface area contributed by atoms with Crippen molar-refractivity contribution in [3.05, 3.63) is 44.1 Å². The summed E-state index contributed by atoms with van der Waals surface area (Å²) in [6, 6.07) is 6.25. The van der Waals surface area contributed by atoms with Gasteiger partial charge in [-0.25, -0.2) is 4.79 Å². The van der Waals surface area contributed by atoms with Gasteiger partial charge in [0.2, 0.25) is 5.91 Å². The number of hydrogen-bond donors (Lipinski definition) is 3. The number of aromatic hydroxyl groups is 1. The van der Waals surface area contributed by atoms with Crippen LogP contribution >= 0.6 is 90.4 Å². The van der Waals surface area contributed by atoms with E-state index in [4.69, 9.17) is 14.6 Å². The van der Waals surface area contributed by atoms with Gasteiger partial charge in [-0.1, -0.05) is 0 Å². The van der Waals surface area contributed by atoms with Crippen molar-refractivity contribution in [1.29, 1.82) is 0 Å². The fourth-order valence-electron chi connectivity index (χ4n) is 2.89. The molecule has 0 radical (unpaired) electrons. The second kappa shape index (κ2) is 13.6. The lowest BCUT2D eigenvalue weighted by Crippen LogP contribution is -2.47. The molecule has 2 aromatic carbocycles. The number of benzene rings is 2. The van der Waals surface area contributed by atoms with Crippen molar-refractivity contribution in [3.63, 3.8) is 0 Å². The van der Waals surface area contributed by atoms with Crippen LogP contribution in [0.15, 0.2) is 24.3 Å². The largest absolute Gasteiger partial charge is 0.506 e. The predicted molar refractivity (Wildman–Crippen MR) is 158 cm³/mol. The number of halogens is 4. The molecule has 3 N–H and O–H groups in total. The van der Waals surface area contributed by atoms with Crippen LogP contribution in [0.25, 0.3) is 0 Å². The summed E-state index contributed by atoms with van der Waals surface area (Å²) in [5.41, 5.74) is 0.783. The molecular formula is C21H20I4N2O7. The molecule has 1 amide bonds. The maximum Gasteiger partial charge on any atom is 0.328 e. The zero-order valence-electron chi connectivity index (χ0n) is 17.9. The molecule has 13 heteroatoms. The minimum Gasteiger partial charge on any atom is -0.506 e. The topological polar surface area (TPSA) is 125 Å². The summed E-state index contributed by atoms with van der Waals surface area (Å²) in [5.74, 6) is -0.717. The minimum atomic E-state index is -1.05. The third kappa shape index (κ3) is 8.77. The summed E-state index contributed by atoms with van der Waals surface area (Å²) in [5, 5.41) is 21.4. The lowest BCUT2D eigenvalue weighted by atomic mass is 10.1. The van der Waals surface area contributed by atoms with Crippen molar-refractivity contribution < 1.29 is 34.1 Å². The first kappa shape index (κ1) is 29.6. The Balaban J connectivity index is 2.19. The van der Waals surface area contributed by atoms with E-state index in [0.717, 1.165) is 12.7 Å². The van der Waals surface area contributed by atoms with E-state index < -0.39 is 23.9 Å². The van der Waals surface area contributed by atoms with Gasteiger partial charge in [0.1, 0.15) is 17.5 Å². The van der Waals surface area contributed by atoms with Gasteiger partial charge in [0.05, 0.1) is 34.5 Å². The smallest absolute Gasteiger partial charge is 0.328 e. The van der Waals surface area contributed by atoms with Gasteiger partial charge >= 0.3 is 11.9 Å². The maximum absolute atomic E-state index is 12.3. The summed E-state index contributed by atoms with van der Waals surface area (Å²) in [4.78, 5) is 36.7. The van der Waals surface area contributed by atoms with E-state index in [9.17, 15) is 19.5 Å². The van der Waals surface area contributed by atoms with Gasteiger partial charge in [-0.15, -0.1) is 0 Å². The van der Waals surface area contributed by atoms with Crippen LogP contribution in [0.1, 0.15) is 5.56 Å². The first-order chi connectivity index (χ1) is 15.9. The number of phenolic OH excluding ortho intramolecular Hbond substituents is 1. The lowest BCUT2D eigenvalue weighted by molar-refractivity contribution is -0.145. The normalized spacial score (nSPS) is 11.7. The number of aliphatic carboxylic acids is 1. The number of likely N-dealkylation sites (N-methyl/N-ethyl adjacent to an activating group) is 1. The third-order valence-corrected chi connectivity index (χ3v) is 7.60. The van der Waals surface area contributed by atoms with Gasteiger partial charge in [0.25, 0.3) is 0 Å². The molecule has 34 heavy (non-hydrogen) atoms. The van der Waals surface area contributed by atoms with Crippen LogP contribution < -0.4 is 10.1 Å². The van der Waals surface area contributed by atoms with E-state index in [0.29, 0.717) is 18.6 Å². The molecule has 0 fully saturated rings. The van der Waals surface area contributed by atoms with Gasteiger partial charge in [-0.05, 0) is 127 Å². The van der Waals surface area contributed by atoms with E-state index in [-0.39, 0.29) is 25.3 Å². The highest BCUT2D eigenvalue weighted by Crippen LogP contribution is 2.37. The van der Waals surface area contributed by atoms with Crippen molar-refractivity contribution in [2.24, 2.45) is 0 Å². The third-order valence-electron chi connectivity index (χ3n) is 4.35. The molecule has 184 valence electrons. The fourth-order valence-corrected chi connectivity index (χ4v) is 6.72. The maximum atomic E-state index is 12.3. The number of nitrogens with one attached hydrogen (secondary N) is 1. The monoisotopic (exact) mass is 920 g/mol. The number of hydrogen-bond acceptors (Lipinski definition) is 7. The zero-order chi connectivity index (χ0) is 25.6. The Bertz CT molecular complexity index is 1050. The van der Waals surface area contributed by atoms with Crippen LogP contribution in [-0.4, -0.2) is 66.2 Å². The van der Waals surface area contributed by atoms with Gasteiger partial charge < -0.3 is 25.0 Å². The molecule has 0 saturated carbocycles. The van der Waals surface area contributed by atoms with Crippen molar-refractivity contribution in [2.75, 3.05) is 27.2 Å². The SMILES string of the molecule is COC(=O)[C@H](Cc1cc(I)c(Oc2cc(I)c(O)c(I)c2)c(I)c1)NC(=O)CN(C)CC(=O)O. The van der Waals surface area contributed by atoms with Crippen LogP contribution in [0.4, 0.5) is 0 Å². The number of nitrogens with zero attached hydrogens (tertiary/aromatic N) is 1. The summed E-state index contributed by atoms with van der Waals surface area (Å²) in [7, 11) is 2.74. The van der Waals surface area contributed by atoms with Crippen molar-refractivity contribution in [3.8, 4) is 17.2 Å². The van der Waals surface area contributed by atoms with Crippen LogP contribution in [0.5, 0.6) is 17.2 Å². The molecule has 0 bridgehead atoms. The second-order valence-electron chi connectivity index (χ2n) is 7.14. The average Bonchev–Trinajstić information content (AvgIpc) is 2.72. The minimum absolute atomic E-state index is 0.175. The number of esters is 1. The molecule has 0 saturated heterocycles. The second-order valence-corrected chi connectivity index (χ2v) is 11.8. The van der Waals surface area contributed by atoms with Gasteiger partial charge in [0, 0.05) is 6.42 Å². The first-order valence-electron chi connectivity index (χ1n) is 9.52. The fraction of sp³-hybridized carbons (Fsp3) is 0.286. The molecule has 0 aliphatic carbocycles. The van der Waals surface area contributed by atoms with Crippen LogP contribution in [0, 0.1) is 14.3 Å². The van der Waals surface area contributed by atoms with E-state index in [1.165, 1.54) is 19.1 Å². The number of carboxylic acids is 1. The summed E-state index contributed by atoms with van der Waals surface area (Å²) < 4.78 is 13.9. The molecule has 0 unspecified atom stereocenters. The summed E-state index contributed by atoms with van der Waals surface area (Å²) in [6.45, 7) is -0.473. The number of ether oxygens (including phenoxy) is 2. The zero-order valence-corrected chi connectivity index (χ0v) is 26.5. The Morgan fingerprint density at radius 2 is 1.56 bits per heavy atom. The highest BCUT2D eigenvalue weighted by atomic mass is 127. The van der Waals surface area contributed by atoms with Gasteiger partial charge in [0.15, 0.2) is 5.75 Å². The molecular weight excluding hydrogens is 900 g/mol. The number of carboxylic acid groups (broad SMARTS) is 1. The molecule has 2 aromatic rings. The molecule has 0 aliphatic heterocycles. The highest BCUT2D eigenvalue weighted by Gasteiger charge is 2.24. The molecule has 9 nitrogen and oxygen atoms in total.